The topological polar surface area (TPSA) is 24.9 Å². The minimum atomic E-state index is 0.390. The van der Waals surface area contributed by atoms with Crippen LogP contribution in [0.1, 0.15) is 30.1 Å². The second-order valence-corrected chi connectivity index (χ2v) is 3.39. The molecule has 1 aromatic rings. The lowest BCUT2D eigenvalue weighted by atomic mass is 10.0. The average Bonchev–Trinajstić information content (AvgIpc) is 2.21. The predicted molar refractivity (Wildman–Crippen MR) is 60.2 cm³/mol. The van der Waals surface area contributed by atoms with Crippen LogP contribution in [-0.2, 0) is 0 Å². The second-order valence-electron chi connectivity index (χ2n) is 3.39. The van der Waals surface area contributed by atoms with Gasteiger partial charge in [0.05, 0.1) is 0 Å². The van der Waals surface area contributed by atoms with Crippen molar-refractivity contribution in [2.45, 2.75) is 25.8 Å². The first kappa shape index (κ1) is 10.9. The summed E-state index contributed by atoms with van der Waals surface area (Å²) in [6, 6.07) is 4.51. The van der Waals surface area contributed by atoms with Crippen molar-refractivity contribution in [1.82, 2.24) is 10.3 Å². The molecule has 0 aliphatic heterocycles. The van der Waals surface area contributed by atoms with Gasteiger partial charge in [-0.1, -0.05) is 12.1 Å². The van der Waals surface area contributed by atoms with E-state index in [2.05, 4.69) is 22.9 Å². The van der Waals surface area contributed by atoms with Crippen LogP contribution in [0.4, 0.5) is 0 Å². The molecule has 0 aromatic carbocycles. The Hall–Kier alpha value is -1.15. The molecule has 0 saturated carbocycles. The van der Waals surface area contributed by atoms with Crippen LogP contribution in [0.15, 0.2) is 31.0 Å². The maximum absolute atomic E-state index is 4.29. The standard InChI is InChI=1S/C12H18N2/c1-4-5-8-12(13-3)11-7-6-9-14-10(11)2/h4,6-7,9,12-13H,1,5,8H2,2-3H3. The lowest BCUT2D eigenvalue weighted by Crippen LogP contribution is -2.17. The fourth-order valence-corrected chi connectivity index (χ4v) is 1.60. The van der Waals surface area contributed by atoms with Gasteiger partial charge < -0.3 is 5.32 Å². The van der Waals surface area contributed by atoms with Crippen LogP contribution in [0.3, 0.4) is 0 Å². The maximum Gasteiger partial charge on any atom is 0.0420 e. The van der Waals surface area contributed by atoms with Crippen molar-refractivity contribution in [3.63, 3.8) is 0 Å². The number of allylic oxidation sites excluding steroid dienone is 1. The van der Waals surface area contributed by atoms with Gasteiger partial charge in [-0.05, 0) is 38.4 Å². The molecule has 0 fully saturated rings. The Kier molecular flexibility index (Phi) is 4.33. The van der Waals surface area contributed by atoms with Crippen molar-refractivity contribution in [3.05, 3.63) is 42.2 Å². The molecule has 0 aliphatic rings. The van der Waals surface area contributed by atoms with Crippen molar-refractivity contribution in [1.29, 1.82) is 0 Å². The minimum absolute atomic E-state index is 0.390. The number of aromatic nitrogens is 1. The van der Waals surface area contributed by atoms with Gasteiger partial charge in [0.15, 0.2) is 0 Å². The zero-order valence-corrected chi connectivity index (χ0v) is 8.96. The number of aryl methyl sites for hydroxylation is 1. The molecule has 0 bridgehead atoms. The number of pyridine rings is 1. The van der Waals surface area contributed by atoms with E-state index in [4.69, 9.17) is 0 Å². The maximum atomic E-state index is 4.29. The number of hydrogen-bond donors (Lipinski definition) is 1. The highest BCUT2D eigenvalue weighted by molar-refractivity contribution is 5.22. The van der Waals surface area contributed by atoms with E-state index in [-0.39, 0.29) is 0 Å². The summed E-state index contributed by atoms with van der Waals surface area (Å²) in [5, 5.41) is 3.31. The molecular formula is C12H18N2. The van der Waals surface area contributed by atoms with Crippen LogP contribution in [0.25, 0.3) is 0 Å². The van der Waals surface area contributed by atoms with E-state index in [1.165, 1.54) is 5.56 Å². The first-order valence-corrected chi connectivity index (χ1v) is 4.99. The summed E-state index contributed by atoms with van der Waals surface area (Å²) in [5.74, 6) is 0. The Morgan fingerprint density at radius 1 is 1.64 bits per heavy atom. The van der Waals surface area contributed by atoms with Crippen molar-refractivity contribution < 1.29 is 0 Å². The third-order valence-electron chi connectivity index (χ3n) is 2.43. The van der Waals surface area contributed by atoms with Crippen LogP contribution in [-0.4, -0.2) is 12.0 Å². The highest BCUT2D eigenvalue weighted by Crippen LogP contribution is 2.19. The molecule has 1 heterocycles. The summed E-state index contributed by atoms with van der Waals surface area (Å²) < 4.78 is 0. The summed E-state index contributed by atoms with van der Waals surface area (Å²) in [5.41, 5.74) is 2.40. The van der Waals surface area contributed by atoms with Crippen LogP contribution in [0.2, 0.25) is 0 Å². The Morgan fingerprint density at radius 2 is 2.43 bits per heavy atom. The van der Waals surface area contributed by atoms with Gasteiger partial charge in [0.1, 0.15) is 0 Å². The molecule has 1 aromatic heterocycles. The zero-order valence-electron chi connectivity index (χ0n) is 8.96. The average molecular weight is 190 g/mol. The molecule has 14 heavy (non-hydrogen) atoms. The van der Waals surface area contributed by atoms with E-state index >= 15 is 0 Å². The molecule has 1 atom stereocenters. The van der Waals surface area contributed by atoms with E-state index < -0.39 is 0 Å². The molecule has 0 spiro atoms. The van der Waals surface area contributed by atoms with Crippen molar-refractivity contribution in [2.24, 2.45) is 0 Å². The highest BCUT2D eigenvalue weighted by Gasteiger charge is 2.10. The van der Waals surface area contributed by atoms with Gasteiger partial charge >= 0.3 is 0 Å². The molecule has 2 nitrogen and oxygen atoms in total. The van der Waals surface area contributed by atoms with Gasteiger partial charge in [-0.25, -0.2) is 0 Å². The number of hydrogen-bond acceptors (Lipinski definition) is 2. The van der Waals surface area contributed by atoms with Gasteiger partial charge in [0, 0.05) is 17.9 Å². The summed E-state index contributed by atoms with van der Waals surface area (Å²) in [6.07, 6.45) is 5.89. The zero-order chi connectivity index (χ0) is 10.4. The third kappa shape index (κ3) is 2.67. The molecule has 1 unspecified atom stereocenters. The molecule has 0 aliphatic carbocycles. The molecular weight excluding hydrogens is 172 g/mol. The largest absolute Gasteiger partial charge is 0.313 e. The molecule has 2 heteroatoms. The Labute approximate surface area is 86.1 Å². The highest BCUT2D eigenvalue weighted by atomic mass is 14.9. The van der Waals surface area contributed by atoms with Crippen molar-refractivity contribution in [3.8, 4) is 0 Å². The van der Waals surface area contributed by atoms with Crippen LogP contribution in [0.5, 0.6) is 0 Å². The smallest absolute Gasteiger partial charge is 0.0420 e. The van der Waals surface area contributed by atoms with E-state index in [0.717, 1.165) is 18.5 Å². The Balaban J connectivity index is 2.78. The molecule has 1 rings (SSSR count). The van der Waals surface area contributed by atoms with Gasteiger partial charge in [0.25, 0.3) is 0 Å². The Morgan fingerprint density at radius 3 is 3.00 bits per heavy atom. The first-order chi connectivity index (χ1) is 6.79. The lowest BCUT2D eigenvalue weighted by molar-refractivity contribution is 0.550. The van der Waals surface area contributed by atoms with Crippen LogP contribution >= 0.6 is 0 Å². The second kappa shape index (κ2) is 5.55. The Bertz CT molecular complexity index is 294. The van der Waals surface area contributed by atoms with Gasteiger partial charge in [0.2, 0.25) is 0 Å². The van der Waals surface area contributed by atoms with Gasteiger partial charge in [-0.15, -0.1) is 6.58 Å². The molecule has 76 valence electrons. The number of nitrogens with zero attached hydrogens (tertiary/aromatic N) is 1. The lowest BCUT2D eigenvalue weighted by Gasteiger charge is -2.17. The predicted octanol–water partition coefficient (Wildman–Crippen LogP) is 2.62. The SMILES string of the molecule is C=CCCC(NC)c1cccnc1C. The van der Waals surface area contributed by atoms with Crippen molar-refractivity contribution >= 4 is 0 Å². The van der Waals surface area contributed by atoms with Crippen LogP contribution < -0.4 is 5.32 Å². The van der Waals surface area contributed by atoms with Crippen molar-refractivity contribution in [2.75, 3.05) is 7.05 Å². The van der Waals surface area contributed by atoms with E-state index in [9.17, 15) is 0 Å². The fraction of sp³-hybridized carbons (Fsp3) is 0.417. The normalized spacial score (nSPS) is 12.4. The molecule has 0 amide bonds. The summed E-state index contributed by atoms with van der Waals surface area (Å²) in [4.78, 5) is 4.29. The quantitative estimate of drug-likeness (QED) is 0.722. The minimum Gasteiger partial charge on any atom is -0.313 e. The summed E-state index contributed by atoms with van der Waals surface area (Å²) in [6.45, 7) is 5.79. The molecule has 1 N–H and O–H groups in total. The summed E-state index contributed by atoms with van der Waals surface area (Å²) >= 11 is 0. The molecule has 0 radical (unpaired) electrons. The van der Waals surface area contributed by atoms with Crippen LogP contribution in [0, 0.1) is 6.92 Å². The number of rotatable bonds is 5. The van der Waals surface area contributed by atoms with Gasteiger partial charge in [-0.2, -0.15) is 0 Å². The monoisotopic (exact) mass is 190 g/mol. The fourth-order valence-electron chi connectivity index (χ4n) is 1.60. The van der Waals surface area contributed by atoms with E-state index in [0.29, 0.717) is 6.04 Å². The van der Waals surface area contributed by atoms with E-state index in [1.54, 1.807) is 0 Å². The van der Waals surface area contributed by atoms with Gasteiger partial charge in [-0.3, -0.25) is 4.98 Å². The molecule has 0 saturated heterocycles. The third-order valence-corrected chi connectivity index (χ3v) is 2.43. The van der Waals surface area contributed by atoms with E-state index in [1.807, 2.05) is 32.3 Å². The first-order valence-electron chi connectivity index (χ1n) is 4.99. The summed E-state index contributed by atoms with van der Waals surface area (Å²) in [7, 11) is 1.99. The number of nitrogens with one attached hydrogen (secondary N) is 1.